The topological polar surface area (TPSA) is 38.0 Å². The molecule has 1 aromatic carbocycles. The molecule has 0 saturated heterocycles. The Morgan fingerprint density at radius 1 is 1.25 bits per heavy atom. The molecule has 1 N–H and O–H groups in total. The summed E-state index contributed by atoms with van der Waals surface area (Å²) < 4.78 is 15.8. The molecule has 0 bridgehead atoms. The third-order valence-corrected chi connectivity index (χ3v) is 3.53. The van der Waals surface area contributed by atoms with E-state index in [1.54, 1.807) is 41.5 Å². The van der Waals surface area contributed by atoms with Crippen molar-refractivity contribution in [3.05, 3.63) is 54.4 Å². The minimum absolute atomic E-state index is 0. The van der Waals surface area contributed by atoms with Crippen LogP contribution in [0.3, 0.4) is 0 Å². The van der Waals surface area contributed by atoms with Crippen molar-refractivity contribution in [1.29, 1.82) is 0 Å². The van der Waals surface area contributed by atoms with Gasteiger partial charge in [-0.15, -0.1) is 12.4 Å². The summed E-state index contributed by atoms with van der Waals surface area (Å²) in [4.78, 5) is 3.96. The van der Waals surface area contributed by atoms with Crippen molar-refractivity contribution < 1.29 is 9.50 Å². The summed E-state index contributed by atoms with van der Waals surface area (Å²) in [5, 5.41) is 11.1. The van der Waals surface area contributed by atoms with Gasteiger partial charge in [-0.25, -0.2) is 9.37 Å². The van der Waals surface area contributed by atoms with E-state index in [0.717, 1.165) is 0 Å². The minimum Gasteiger partial charge on any atom is -0.383 e. The minimum atomic E-state index is -1.31. The Morgan fingerprint density at radius 2 is 1.90 bits per heavy atom. The molecule has 0 aliphatic heterocycles. The summed E-state index contributed by atoms with van der Waals surface area (Å²) in [7, 11) is 0. The van der Waals surface area contributed by atoms with Gasteiger partial charge in [0.25, 0.3) is 0 Å². The number of hydrogen-bond donors (Lipinski definition) is 1. The van der Waals surface area contributed by atoms with Crippen molar-refractivity contribution in [3.8, 4) is 0 Å². The third-order valence-electron chi connectivity index (χ3n) is 3.53. The van der Waals surface area contributed by atoms with E-state index in [9.17, 15) is 9.50 Å². The van der Waals surface area contributed by atoms with Crippen molar-refractivity contribution in [2.45, 2.75) is 32.9 Å². The van der Waals surface area contributed by atoms with Crippen LogP contribution in [0.2, 0.25) is 0 Å². The first-order chi connectivity index (χ1) is 8.84. The van der Waals surface area contributed by atoms with E-state index in [4.69, 9.17) is 0 Å². The Kier molecular flexibility index (Phi) is 4.95. The van der Waals surface area contributed by atoms with Gasteiger partial charge in [0, 0.05) is 18.0 Å². The molecule has 0 fully saturated rings. The first kappa shape index (κ1) is 16.7. The van der Waals surface area contributed by atoms with Gasteiger partial charge in [0.1, 0.15) is 11.4 Å². The van der Waals surface area contributed by atoms with Gasteiger partial charge in [0.05, 0.1) is 12.9 Å². The first-order valence-electron chi connectivity index (χ1n) is 6.28. The number of rotatable bonds is 3. The van der Waals surface area contributed by atoms with Crippen LogP contribution in [0.15, 0.2) is 43.0 Å². The van der Waals surface area contributed by atoms with E-state index in [-0.39, 0.29) is 24.8 Å². The molecule has 0 amide bonds. The third kappa shape index (κ3) is 3.02. The molecule has 0 aliphatic carbocycles. The zero-order valence-electron chi connectivity index (χ0n) is 11.9. The van der Waals surface area contributed by atoms with Gasteiger partial charge in [-0.2, -0.15) is 0 Å². The predicted molar refractivity (Wildman–Crippen MR) is 79.2 cm³/mol. The molecule has 1 heterocycles. The van der Waals surface area contributed by atoms with Crippen LogP contribution in [0.4, 0.5) is 4.39 Å². The van der Waals surface area contributed by atoms with E-state index >= 15 is 0 Å². The van der Waals surface area contributed by atoms with Crippen LogP contribution in [0.25, 0.3) is 0 Å². The quantitative estimate of drug-likeness (QED) is 0.943. The fourth-order valence-electron chi connectivity index (χ4n) is 2.17. The highest BCUT2D eigenvalue weighted by atomic mass is 35.5. The maximum atomic E-state index is 14.1. The van der Waals surface area contributed by atoms with Gasteiger partial charge in [-0.1, -0.05) is 39.0 Å². The van der Waals surface area contributed by atoms with Gasteiger partial charge in [0.15, 0.2) is 0 Å². The predicted octanol–water partition coefficient (Wildman–Crippen LogP) is 3.38. The lowest BCUT2D eigenvalue weighted by Crippen LogP contribution is -2.44. The Bertz CT molecular complexity index is 551. The number of halogens is 2. The second-order valence-corrected chi connectivity index (χ2v) is 5.83. The molecule has 20 heavy (non-hydrogen) atoms. The summed E-state index contributed by atoms with van der Waals surface area (Å²) in [5.41, 5.74) is -1.50. The largest absolute Gasteiger partial charge is 0.383 e. The van der Waals surface area contributed by atoms with Crippen LogP contribution in [0, 0.1) is 11.2 Å². The highest BCUT2D eigenvalue weighted by molar-refractivity contribution is 5.85. The molecule has 2 rings (SSSR count). The fourth-order valence-corrected chi connectivity index (χ4v) is 2.17. The van der Waals surface area contributed by atoms with Crippen molar-refractivity contribution in [3.63, 3.8) is 0 Å². The average molecular weight is 299 g/mol. The smallest absolute Gasteiger partial charge is 0.129 e. The van der Waals surface area contributed by atoms with E-state index in [1.807, 2.05) is 20.8 Å². The average Bonchev–Trinajstić information content (AvgIpc) is 2.80. The standard InChI is InChI=1S/C15H19FN2O.ClH/c1-14(2,3)15(19,10-18-9-8-17-11-18)12-6-4-5-7-13(12)16;/h4-9,11,19H,10H2,1-3H3;1H. The number of aromatic nitrogens is 2. The zero-order chi connectivity index (χ0) is 14.1. The molecule has 5 heteroatoms. The maximum absolute atomic E-state index is 14.1. The number of benzene rings is 1. The molecular formula is C15H20ClFN2O. The van der Waals surface area contributed by atoms with Crippen molar-refractivity contribution in [2.24, 2.45) is 5.41 Å². The molecule has 0 radical (unpaired) electrons. The number of aliphatic hydroxyl groups is 1. The highest BCUT2D eigenvalue weighted by Crippen LogP contribution is 2.41. The molecule has 0 spiro atoms. The Hall–Kier alpha value is -1.39. The van der Waals surface area contributed by atoms with Crippen LogP contribution in [0.5, 0.6) is 0 Å². The van der Waals surface area contributed by atoms with E-state index in [0.29, 0.717) is 5.56 Å². The van der Waals surface area contributed by atoms with Crippen LogP contribution < -0.4 is 0 Å². The monoisotopic (exact) mass is 298 g/mol. The van der Waals surface area contributed by atoms with E-state index in [1.165, 1.54) is 6.07 Å². The molecular weight excluding hydrogens is 279 g/mol. The fraction of sp³-hybridized carbons (Fsp3) is 0.400. The van der Waals surface area contributed by atoms with E-state index in [2.05, 4.69) is 4.98 Å². The van der Waals surface area contributed by atoms with Crippen molar-refractivity contribution >= 4 is 12.4 Å². The van der Waals surface area contributed by atoms with Gasteiger partial charge in [-0.3, -0.25) is 0 Å². The van der Waals surface area contributed by atoms with Gasteiger partial charge in [-0.05, 0) is 11.5 Å². The second kappa shape index (κ2) is 5.94. The Labute approximate surface area is 124 Å². The Morgan fingerprint density at radius 3 is 2.40 bits per heavy atom. The van der Waals surface area contributed by atoms with Crippen LogP contribution in [-0.2, 0) is 12.1 Å². The molecule has 2 aromatic rings. The molecule has 0 aliphatic rings. The first-order valence-corrected chi connectivity index (χ1v) is 6.28. The molecule has 0 saturated carbocycles. The number of nitrogens with zero attached hydrogens (tertiary/aromatic N) is 2. The zero-order valence-corrected chi connectivity index (χ0v) is 12.7. The summed E-state index contributed by atoms with van der Waals surface area (Å²) in [6, 6.07) is 6.37. The van der Waals surface area contributed by atoms with Crippen LogP contribution in [0.1, 0.15) is 26.3 Å². The second-order valence-electron chi connectivity index (χ2n) is 5.83. The van der Waals surface area contributed by atoms with E-state index < -0.39 is 11.0 Å². The summed E-state index contributed by atoms with van der Waals surface area (Å²) in [6.45, 7) is 5.96. The number of imidazole rings is 1. The van der Waals surface area contributed by atoms with Crippen molar-refractivity contribution in [1.82, 2.24) is 9.55 Å². The molecule has 1 atom stereocenters. The van der Waals surface area contributed by atoms with Gasteiger partial charge >= 0.3 is 0 Å². The summed E-state index contributed by atoms with van der Waals surface area (Å²) >= 11 is 0. The maximum Gasteiger partial charge on any atom is 0.129 e. The highest BCUT2D eigenvalue weighted by Gasteiger charge is 2.43. The molecule has 110 valence electrons. The molecule has 3 nitrogen and oxygen atoms in total. The lowest BCUT2D eigenvalue weighted by atomic mass is 9.72. The SMILES string of the molecule is CC(C)(C)C(O)(Cn1ccnc1)c1ccccc1F.Cl. The Balaban J connectivity index is 0.00000200. The van der Waals surface area contributed by atoms with Gasteiger partial charge < -0.3 is 9.67 Å². The lowest BCUT2D eigenvalue weighted by Gasteiger charge is -2.41. The lowest BCUT2D eigenvalue weighted by molar-refractivity contribution is -0.0806. The van der Waals surface area contributed by atoms with Crippen LogP contribution >= 0.6 is 12.4 Å². The number of hydrogen-bond acceptors (Lipinski definition) is 2. The van der Waals surface area contributed by atoms with Crippen LogP contribution in [-0.4, -0.2) is 14.7 Å². The summed E-state index contributed by atoms with van der Waals surface area (Å²) in [5.74, 6) is -0.389. The molecule has 1 unspecified atom stereocenters. The van der Waals surface area contributed by atoms with Gasteiger partial charge in [0.2, 0.25) is 0 Å². The molecule has 1 aromatic heterocycles. The normalized spacial score (nSPS) is 14.4. The summed E-state index contributed by atoms with van der Waals surface area (Å²) in [6.07, 6.45) is 5.03. The van der Waals surface area contributed by atoms with Crippen molar-refractivity contribution in [2.75, 3.05) is 0 Å².